The molecule has 140 valence electrons. The van der Waals surface area contributed by atoms with Crippen molar-refractivity contribution in [3.63, 3.8) is 0 Å². The van der Waals surface area contributed by atoms with Gasteiger partial charge in [-0.05, 0) is 32.9 Å². The number of aromatic nitrogens is 2. The summed E-state index contributed by atoms with van der Waals surface area (Å²) in [5.41, 5.74) is 1.16. The normalized spacial score (nSPS) is 11.2. The van der Waals surface area contributed by atoms with Crippen LogP contribution < -0.4 is 5.19 Å². The maximum Gasteiger partial charge on any atom is 0.540 e. The van der Waals surface area contributed by atoms with E-state index in [0.717, 1.165) is 0 Å². The van der Waals surface area contributed by atoms with Gasteiger partial charge in [0, 0.05) is 48.7 Å². The van der Waals surface area contributed by atoms with E-state index in [1.54, 1.807) is 12.4 Å². The SMILES string of the molecule is CCO[Si](OCC)(OCC)c1cnc(-c2ccccn2)c(Cl)c1Cl.[Ni]. The van der Waals surface area contributed by atoms with Crippen LogP contribution in [0.2, 0.25) is 10.0 Å². The number of hydrogen-bond acceptors (Lipinski definition) is 5. The van der Waals surface area contributed by atoms with Crippen LogP contribution >= 0.6 is 23.2 Å². The molecule has 0 bridgehead atoms. The van der Waals surface area contributed by atoms with Crippen molar-refractivity contribution in [2.45, 2.75) is 20.8 Å². The fourth-order valence-electron chi connectivity index (χ4n) is 2.29. The van der Waals surface area contributed by atoms with E-state index >= 15 is 0 Å². The van der Waals surface area contributed by atoms with E-state index in [1.165, 1.54) is 0 Å². The topological polar surface area (TPSA) is 53.5 Å². The zero-order valence-electron chi connectivity index (χ0n) is 14.2. The summed E-state index contributed by atoms with van der Waals surface area (Å²) in [6.07, 6.45) is 3.29. The Morgan fingerprint density at radius 3 is 2.00 bits per heavy atom. The summed E-state index contributed by atoms with van der Waals surface area (Å²) in [6, 6.07) is 5.51. The number of nitrogens with zero attached hydrogens (tertiary/aromatic N) is 2. The zero-order valence-corrected chi connectivity index (χ0v) is 17.7. The van der Waals surface area contributed by atoms with Crippen LogP contribution in [0.1, 0.15) is 20.8 Å². The Hall–Kier alpha value is -0.530. The molecule has 0 saturated carbocycles. The van der Waals surface area contributed by atoms with Gasteiger partial charge in [0.15, 0.2) is 0 Å². The molecule has 0 aliphatic carbocycles. The van der Waals surface area contributed by atoms with Gasteiger partial charge in [0.1, 0.15) is 5.69 Å². The molecule has 0 atom stereocenters. The van der Waals surface area contributed by atoms with Gasteiger partial charge in [0.2, 0.25) is 0 Å². The van der Waals surface area contributed by atoms with Crippen molar-refractivity contribution in [3.05, 3.63) is 40.6 Å². The second-order valence-electron chi connectivity index (χ2n) is 4.72. The molecule has 2 rings (SSSR count). The molecule has 0 fully saturated rings. The van der Waals surface area contributed by atoms with Crippen LogP contribution in [-0.4, -0.2) is 38.6 Å². The monoisotopic (exact) mass is 444 g/mol. The van der Waals surface area contributed by atoms with E-state index in [1.807, 2.05) is 39.0 Å². The summed E-state index contributed by atoms with van der Waals surface area (Å²) in [4.78, 5) is 8.70. The molecule has 0 saturated heterocycles. The minimum absolute atomic E-state index is 0. The van der Waals surface area contributed by atoms with Crippen LogP contribution in [0, 0.1) is 0 Å². The van der Waals surface area contributed by atoms with E-state index < -0.39 is 8.80 Å². The van der Waals surface area contributed by atoms with E-state index in [0.29, 0.717) is 46.4 Å². The van der Waals surface area contributed by atoms with Gasteiger partial charge < -0.3 is 13.3 Å². The van der Waals surface area contributed by atoms with Crippen LogP contribution in [-0.2, 0) is 29.8 Å². The molecule has 5 nitrogen and oxygen atoms in total. The third-order valence-corrected chi connectivity index (χ3v) is 7.26. The molecular formula is C16H20Cl2N2NiO3Si. The van der Waals surface area contributed by atoms with Crippen molar-refractivity contribution in [1.29, 1.82) is 0 Å². The Morgan fingerprint density at radius 1 is 0.920 bits per heavy atom. The van der Waals surface area contributed by atoms with Gasteiger partial charge in [-0.25, -0.2) is 0 Å². The van der Waals surface area contributed by atoms with E-state index in [9.17, 15) is 0 Å². The molecule has 25 heavy (non-hydrogen) atoms. The van der Waals surface area contributed by atoms with Gasteiger partial charge in [-0.1, -0.05) is 29.3 Å². The molecule has 2 aromatic heterocycles. The summed E-state index contributed by atoms with van der Waals surface area (Å²) in [7, 11) is -3.17. The predicted molar refractivity (Wildman–Crippen MR) is 97.8 cm³/mol. The largest absolute Gasteiger partial charge is 0.540 e. The summed E-state index contributed by atoms with van der Waals surface area (Å²) >= 11 is 13.0. The first kappa shape index (κ1) is 22.5. The zero-order chi connectivity index (χ0) is 17.6. The van der Waals surface area contributed by atoms with E-state index in [2.05, 4.69) is 9.97 Å². The molecule has 0 amide bonds. The van der Waals surface area contributed by atoms with Crippen molar-refractivity contribution in [2.75, 3.05) is 19.8 Å². The molecule has 2 aromatic rings. The Balaban J connectivity index is 0.00000312. The van der Waals surface area contributed by atoms with Crippen molar-refractivity contribution < 1.29 is 29.8 Å². The summed E-state index contributed by atoms with van der Waals surface area (Å²) < 4.78 is 17.6. The Labute approximate surface area is 169 Å². The number of hydrogen-bond donors (Lipinski definition) is 0. The maximum atomic E-state index is 6.53. The Bertz CT molecular complexity index is 663. The summed E-state index contributed by atoms with van der Waals surface area (Å²) in [5.74, 6) is 0. The molecule has 0 aliphatic heterocycles. The Kier molecular flexibility index (Phi) is 9.53. The van der Waals surface area contributed by atoms with E-state index in [4.69, 9.17) is 36.5 Å². The fourth-order valence-corrected chi connectivity index (χ4v) is 5.57. The third kappa shape index (κ3) is 5.01. The standard InChI is InChI=1S/C16H20Cl2N2O3Si.Ni/c1-4-21-24(22-5-2,23-6-3)13-11-20-16(15(18)14(13)17)12-9-7-8-10-19-12;/h7-11H,4-6H2,1-3H3;. The first-order valence-corrected chi connectivity index (χ1v) is 10.2. The van der Waals surface area contributed by atoms with Gasteiger partial charge in [0.25, 0.3) is 0 Å². The number of halogens is 2. The molecule has 0 N–H and O–H groups in total. The van der Waals surface area contributed by atoms with Crippen LogP contribution in [0.15, 0.2) is 30.6 Å². The van der Waals surface area contributed by atoms with Crippen molar-refractivity contribution in [2.24, 2.45) is 0 Å². The van der Waals surface area contributed by atoms with Gasteiger partial charge in [-0.15, -0.1) is 0 Å². The van der Waals surface area contributed by atoms with Crippen molar-refractivity contribution >= 4 is 37.2 Å². The molecule has 0 spiro atoms. The quantitative estimate of drug-likeness (QED) is 0.580. The second kappa shape index (κ2) is 10.6. The van der Waals surface area contributed by atoms with Crippen LogP contribution in [0.3, 0.4) is 0 Å². The van der Waals surface area contributed by atoms with Crippen LogP contribution in [0.5, 0.6) is 0 Å². The van der Waals surface area contributed by atoms with Crippen LogP contribution in [0.4, 0.5) is 0 Å². The summed E-state index contributed by atoms with van der Waals surface area (Å²) in [6.45, 7) is 6.94. The smallest absolute Gasteiger partial charge is 0.370 e. The third-order valence-electron chi connectivity index (χ3n) is 3.20. The fraction of sp³-hybridized carbons (Fsp3) is 0.375. The minimum atomic E-state index is -3.17. The Morgan fingerprint density at radius 2 is 1.52 bits per heavy atom. The first-order valence-electron chi connectivity index (χ1n) is 7.77. The molecular weight excluding hydrogens is 426 g/mol. The molecule has 0 radical (unpaired) electrons. The van der Waals surface area contributed by atoms with Crippen LogP contribution in [0.25, 0.3) is 11.4 Å². The van der Waals surface area contributed by atoms with Crippen molar-refractivity contribution in [1.82, 2.24) is 9.97 Å². The first-order chi connectivity index (χ1) is 11.6. The molecule has 2 heterocycles. The predicted octanol–water partition coefficient (Wildman–Crippen LogP) is 3.70. The van der Waals surface area contributed by atoms with E-state index in [-0.39, 0.29) is 16.5 Å². The average molecular weight is 446 g/mol. The maximum absolute atomic E-state index is 6.53. The number of rotatable bonds is 8. The van der Waals surface area contributed by atoms with Gasteiger partial charge in [-0.2, -0.15) is 0 Å². The molecule has 0 aromatic carbocycles. The molecule has 0 unspecified atom stereocenters. The average Bonchev–Trinajstić information content (AvgIpc) is 2.58. The second-order valence-corrected chi connectivity index (χ2v) is 7.99. The number of pyridine rings is 2. The molecule has 0 aliphatic rings. The van der Waals surface area contributed by atoms with Gasteiger partial charge in [-0.3, -0.25) is 9.97 Å². The van der Waals surface area contributed by atoms with Crippen molar-refractivity contribution in [3.8, 4) is 11.4 Å². The summed E-state index contributed by atoms with van der Waals surface area (Å²) in [5, 5.41) is 1.21. The molecule has 9 heteroatoms. The minimum Gasteiger partial charge on any atom is -0.370 e. The van der Waals surface area contributed by atoms with Gasteiger partial charge >= 0.3 is 8.80 Å². The van der Waals surface area contributed by atoms with Gasteiger partial charge in [0.05, 0.1) is 20.9 Å².